The first-order valence-corrected chi connectivity index (χ1v) is 6.89. The number of benzene rings is 1. The summed E-state index contributed by atoms with van der Waals surface area (Å²) in [5.74, 6) is -0.0419. The van der Waals surface area contributed by atoms with E-state index >= 15 is 0 Å². The van der Waals surface area contributed by atoms with Crippen molar-refractivity contribution in [1.29, 1.82) is 0 Å². The van der Waals surface area contributed by atoms with Gasteiger partial charge in [-0.1, -0.05) is 0 Å². The number of nitrogens with one attached hydrogen (secondary N) is 2. The molecule has 1 aromatic carbocycles. The summed E-state index contributed by atoms with van der Waals surface area (Å²) in [6.07, 6.45) is 2.08. The number of carbonyl (C=O) groups is 1. The van der Waals surface area contributed by atoms with Gasteiger partial charge in [0.1, 0.15) is 0 Å². The number of hydrogen-bond donors (Lipinski definition) is 2. The molecule has 1 unspecified atom stereocenters. The Morgan fingerprint density at radius 3 is 2.68 bits per heavy atom. The fourth-order valence-electron chi connectivity index (χ4n) is 2.29. The lowest BCUT2D eigenvalue weighted by atomic mass is 10.0. The number of carbonyl (C=O) groups excluding carboxylic acids is 1. The van der Waals surface area contributed by atoms with Gasteiger partial charge in [-0.05, 0) is 51.0 Å². The Bertz CT molecular complexity index is 422. The topological polar surface area (TPSA) is 50.4 Å². The van der Waals surface area contributed by atoms with Gasteiger partial charge in [0.05, 0.1) is 5.60 Å². The first-order valence-electron chi connectivity index (χ1n) is 6.89. The summed E-state index contributed by atoms with van der Waals surface area (Å²) in [5, 5.41) is 6.15. The maximum Gasteiger partial charge on any atom is 0.251 e. The summed E-state index contributed by atoms with van der Waals surface area (Å²) in [4.78, 5) is 12.0. The summed E-state index contributed by atoms with van der Waals surface area (Å²) >= 11 is 0. The minimum atomic E-state index is -0.195. The highest BCUT2D eigenvalue weighted by Gasteiger charge is 2.30. The predicted octanol–water partition coefficient (Wildman–Crippen LogP) is 2.42. The molecule has 1 aromatic rings. The third-order valence-corrected chi connectivity index (χ3v) is 3.45. The molecule has 104 valence electrons. The molecule has 1 amide bonds. The largest absolute Gasteiger partial charge is 0.385 e. The van der Waals surface area contributed by atoms with Crippen LogP contribution in [0.25, 0.3) is 0 Å². The maximum absolute atomic E-state index is 12.0. The molecule has 2 N–H and O–H groups in total. The minimum absolute atomic E-state index is 0.0419. The van der Waals surface area contributed by atoms with Crippen LogP contribution < -0.4 is 10.6 Å². The predicted molar refractivity (Wildman–Crippen MR) is 76.5 cm³/mol. The van der Waals surface area contributed by atoms with Gasteiger partial charge in [0.15, 0.2) is 0 Å². The maximum atomic E-state index is 12.0. The second kappa shape index (κ2) is 6.06. The monoisotopic (exact) mass is 262 g/mol. The number of anilines is 1. The molecule has 0 radical (unpaired) electrons. The molecule has 0 spiro atoms. The summed E-state index contributed by atoms with van der Waals surface area (Å²) in [7, 11) is 0. The first kappa shape index (κ1) is 13.9. The molecule has 1 aliphatic rings. The molecule has 1 atom stereocenters. The lowest BCUT2D eigenvalue weighted by molar-refractivity contribution is 0.0206. The van der Waals surface area contributed by atoms with Crippen molar-refractivity contribution < 1.29 is 9.53 Å². The molecule has 1 heterocycles. The number of rotatable bonds is 5. The molecule has 1 fully saturated rings. The van der Waals surface area contributed by atoms with Crippen molar-refractivity contribution in [1.82, 2.24) is 5.32 Å². The van der Waals surface area contributed by atoms with Crippen molar-refractivity contribution in [2.75, 3.05) is 25.0 Å². The summed E-state index contributed by atoms with van der Waals surface area (Å²) in [6.45, 7) is 6.34. The standard InChI is InChI=1S/C15H22N2O2/c1-3-16-13-7-5-12(6-8-13)14(18)17-11-15(2)9-4-10-19-15/h5-8,16H,3-4,9-11H2,1-2H3,(H,17,18). The minimum Gasteiger partial charge on any atom is -0.385 e. The molecule has 0 aliphatic carbocycles. The van der Waals surface area contributed by atoms with Crippen molar-refractivity contribution in [2.24, 2.45) is 0 Å². The molecule has 4 nitrogen and oxygen atoms in total. The van der Waals surface area contributed by atoms with Gasteiger partial charge in [-0.25, -0.2) is 0 Å². The zero-order chi connectivity index (χ0) is 13.7. The molecule has 0 saturated carbocycles. The fourth-order valence-corrected chi connectivity index (χ4v) is 2.29. The Balaban J connectivity index is 1.88. The smallest absolute Gasteiger partial charge is 0.251 e. The van der Waals surface area contributed by atoms with E-state index in [0.29, 0.717) is 12.1 Å². The zero-order valence-electron chi connectivity index (χ0n) is 11.7. The SMILES string of the molecule is CCNc1ccc(C(=O)NCC2(C)CCCO2)cc1. The van der Waals surface area contributed by atoms with E-state index < -0.39 is 0 Å². The van der Waals surface area contributed by atoms with E-state index in [1.165, 1.54) is 0 Å². The van der Waals surface area contributed by atoms with Crippen molar-refractivity contribution >= 4 is 11.6 Å². The van der Waals surface area contributed by atoms with Crippen molar-refractivity contribution in [3.05, 3.63) is 29.8 Å². The highest BCUT2D eigenvalue weighted by molar-refractivity contribution is 5.94. The van der Waals surface area contributed by atoms with Crippen molar-refractivity contribution in [3.63, 3.8) is 0 Å². The molecular weight excluding hydrogens is 240 g/mol. The molecular formula is C15H22N2O2. The Morgan fingerprint density at radius 2 is 2.11 bits per heavy atom. The lowest BCUT2D eigenvalue weighted by Gasteiger charge is -2.23. The molecule has 0 bridgehead atoms. The quantitative estimate of drug-likeness (QED) is 0.857. The Labute approximate surface area is 114 Å². The Kier molecular flexibility index (Phi) is 4.43. The van der Waals surface area contributed by atoms with E-state index in [-0.39, 0.29) is 11.5 Å². The van der Waals surface area contributed by atoms with Crippen LogP contribution in [0.3, 0.4) is 0 Å². The van der Waals surface area contributed by atoms with E-state index in [0.717, 1.165) is 31.7 Å². The first-order chi connectivity index (χ1) is 9.13. The molecule has 1 aliphatic heterocycles. The van der Waals surface area contributed by atoms with Gasteiger partial charge in [-0.15, -0.1) is 0 Å². The Morgan fingerprint density at radius 1 is 1.37 bits per heavy atom. The van der Waals surface area contributed by atoms with Gasteiger partial charge in [-0.2, -0.15) is 0 Å². The molecule has 19 heavy (non-hydrogen) atoms. The molecule has 1 saturated heterocycles. The number of hydrogen-bond acceptors (Lipinski definition) is 3. The number of ether oxygens (including phenoxy) is 1. The van der Waals surface area contributed by atoms with Crippen molar-refractivity contribution in [3.8, 4) is 0 Å². The highest BCUT2D eigenvalue weighted by Crippen LogP contribution is 2.24. The third-order valence-electron chi connectivity index (χ3n) is 3.45. The van der Waals surface area contributed by atoms with Crippen LogP contribution in [0.15, 0.2) is 24.3 Å². The Hall–Kier alpha value is -1.55. The van der Waals surface area contributed by atoms with E-state index in [1.807, 2.05) is 31.2 Å². The van der Waals surface area contributed by atoms with Gasteiger partial charge in [0.25, 0.3) is 5.91 Å². The van der Waals surface area contributed by atoms with Gasteiger partial charge in [-0.3, -0.25) is 4.79 Å². The average molecular weight is 262 g/mol. The van der Waals surface area contributed by atoms with E-state index in [4.69, 9.17) is 4.74 Å². The van der Waals surface area contributed by atoms with Gasteiger partial charge in [0.2, 0.25) is 0 Å². The summed E-state index contributed by atoms with van der Waals surface area (Å²) < 4.78 is 5.65. The lowest BCUT2D eigenvalue weighted by Crippen LogP contribution is -2.40. The van der Waals surface area contributed by atoms with Gasteiger partial charge in [0, 0.05) is 30.9 Å². The van der Waals surface area contributed by atoms with Crippen LogP contribution in [0, 0.1) is 0 Å². The van der Waals surface area contributed by atoms with E-state index in [2.05, 4.69) is 17.6 Å². The van der Waals surface area contributed by atoms with Crippen LogP contribution in [-0.4, -0.2) is 31.2 Å². The van der Waals surface area contributed by atoms with E-state index in [9.17, 15) is 4.79 Å². The summed E-state index contributed by atoms with van der Waals surface area (Å²) in [6, 6.07) is 7.52. The third kappa shape index (κ3) is 3.70. The molecule has 4 heteroatoms. The highest BCUT2D eigenvalue weighted by atomic mass is 16.5. The van der Waals surface area contributed by atoms with Crippen LogP contribution in [0.1, 0.15) is 37.0 Å². The molecule has 2 rings (SSSR count). The van der Waals surface area contributed by atoms with Crippen LogP contribution in [0.5, 0.6) is 0 Å². The van der Waals surface area contributed by atoms with Crippen LogP contribution in [0.2, 0.25) is 0 Å². The summed E-state index contributed by atoms with van der Waals surface area (Å²) in [5.41, 5.74) is 1.52. The van der Waals surface area contributed by atoms with Crippen LogP contribution in [0.4, 0.5) is 5.69 Å². The normalized spacial score (nSPS) is 22.2. The van der Waals surface area contributed by atoms with Crippen LogP contribution >= 0.6 is 0 Å². The van der Waals surface area contributed by atoms with Crippen LogP contribution in [-0.2, 0) is 4.74 Å². The van der Waals surface area contributed by atoms with Crippen molar-refractivity contribution in [2.45, 2.75) is 32.3 Å². The van der Waals surface area contributed by atoms with Gasteiger partial charge < -0.3 is 15.4 Å². The van der Waals surface area contributed by atoms with Gasteiger partial charge >= 0.3 is 0 Å². The average Bonchev–Trinajstić information content (AvgIpc) is 2.85. The second-order valence-electron chi connectivity index (χ2n) is 5.19. The van der Waals surface area contributed by atoms with E-state index in [1.54, 1.807) is 0 Å². The zero-order valence-corrected chi connectivity index (χ0v) is 11.7. The second-order valence-corrected chi connectivity index (χ2v) is 5.19. The molecule has 0 aromatic heterocycles. The fraction of sp³-hybridized carbons (Fsp3) is 0.533. The number of amides is 1.